The largest absolute Gasteiger partial charge is 0.409 e. The van der Waals surface area contributed by atoms with E-state index in [1.807, 2.05) is 6.92 Å². The average Bonchev–Trinajstić information content (AvgIpc) is 1.96. The molecule has 0 aromatic carbocycles. The fourth-order valence-electron chi connectivity index (χ4n) is 0.521. The van der Waals surface area contributed by atoms with Gasteiger partial charge in [-0.05, 0) is 13.3 Å². The molecular formula is C8H16O2Si. The van der Waals surface area contributed by atoms with E-state index in [1.165, 1.54) is 0 Å². The topological polar surface area (TPSA) is 18.5 Å². The van der Waals surface area contributed by atoms with Crippen LogP contribution in [0.15, 0.2) is 11.8 Å². The van der Waals surface area contributed by atoms with Gasteiger partial charge in [-0.2, -0.15) is 0 Å². The van der Waals surface area contributed by atoms with Gasteiger partial charge >= 0.3 is 0 Å². The molecular weight excluding hydrogens is 156 g/mol. The van der Waals surface area contributed by atoms with Gasteiger partial charge in [0.05, 0.1) is 13.2 Å². The van der Waals surface area contributed by atoms with E-state index in [4.69, 9.17) is 9.16 Å². The zero-order valence-electron chi connectivity index (χ0n) is 7.35. The van der Waals surface area contributed by atoms with Crippen molar-refractivity contribution in [2.75, 3.05) is 19.8 Å². The van der Waals surface area contributed by atoms with Crippen LogP contribution in [0.5, 0.6) is 0 Å². The molecule has 0 amide bonds. The van der Waals surface area contributed by atoms with Crippen molar-refractivity contribution in [2.24, 2.45) is 0 Å². The maximum atomic E-state index is 5.24. The van der Waals surface area contributed by atoms with E-state index >= 15 is 0 Å². The number of ether oxygens (including phenoxy) is 1. The molecule has 0 unspecified atom stereocenters. The lowest BCUT2D eigenvalue weighted by Crippen LogP contribution is -2.08. The summed E-state index contributed by atoms with van der Waals surface area (Å²) in [5.74, 6) is 0. The van der Waals surface area contributed by atoms with Crippen molar-refractivity contribution < 1.29 is 9.16 Å². The Morgan fingerprint density at radius 1 is 1.36 bits per heavy atom. The third kappa shape index (κ3) is 9.88. The second-order valence-electron chi connectivity index (χ2n) is 2.34. The first-order valence-corrected chi connectivity index (χ1v) is 4.79. The molecule has 0 bridgehead atoms. The van der Waals surface area contributed by atoms with Gasteiger partial charge in [-0.1, -0.05) is 12.1 Å². The molecule has 64 valence electrons. The Morgan fingerprint density at radius 2 is 2.09 bits per heavy atom. The van der Waals surface area contributed by atoms with Gasteiger partial charge < -0.3 is 9.16 Å². The van der Waals surface area contributed by atoms with Crippen LogP contribution < -0.4 is 0 Å². The van der Waals surface area contributed by atoms with Crippen LogP contribution in [0, 0.1) is 0 Å². The number of allylic oxidation sites excluding steroid dienone is 1. The molecule has 11 heavy (non-hydrogen) atoms. The molecule has 0 saturated carbocycles. The molecule has 0 rings (SSSR count). The van der Waals surface area contributed by atoms with E-state index in [0.29, 0.717) is 23.0 Å². The van der Waals surface area contributed by atoms with E-state index in [1.54, 1.807) is 0 Å². The van der Waals surface area contributed by atoms with Crippen molar-refractivity contribution in [2.45, 2.75) is 20.3 Å². The molecule has 0 aliphatic carbocycles. The van der Waals surface area contributed by atoms with Crippen molar-refractivity contribution in [1.82, 2.24) is 0 Å². The molecule has 0 aliphatic rings. The Balaban J connectivity index is 2.85. The quantitative estimate of drug-likeness (QED) is 0.429. The van der Waals surface area contributed by atoms with Crippen LogP contribution in [0.2, 0.25) is 0 Å². The maximum Gasteiger partial charge on any atom is 0.263 e. The molecule has 0 atom stereocenters. The first-order chi connectivity index (χ1) is 5.27. The molecule has 0 heterocycles. The minimum Gasteiger partial charge on any atom is -0.409 e. The zero-order chi connectivity index (χ0) is 8.53. The minimum absolute atomic E-state index is 0.426. The van der Waals surface area contributed by atoms with E-state index in [9.17, 15) is 0 Å². The Kier molecular flexibility index (Phi) is 7.89. The Bertz CT molecular complexity index is 104. The van der Waals surface area contributed by atoms with Crippen LogP contribution in [0.1, 0.15) is 20.3 Å². The maximum absolute atomic E-state index is 5.24. The summed E-state index contributed by atoms with van der Waals surface area (Å²) in [6.07, 6.45) is 1.07. The molecule has 0 saturated heterocycles. The van der Waals surface area contributed by atoms with Crippen molar-refractivity contribution in [3.63, 3.8) is 0 Å². The normalized spacial score (nSPS) is 10.0. The molecule has 0 aliphatic heterocycles. The fourth-order valence-corrected chi connectivity index (χ4v) is 0.953. The lowest BCUT2D eigenvalue weighted by Gasteiger charge is -2.02. The highest BCUT2D eigenvalue weighted by atomic mass is 28.2. The summed E-state index contributed by atoms with van der Waals surface area (Å²) in [6.45, 7) is 10.0. The minimum atomic E-state index is 0.426. The third-order valence-corrected chi connectivity index (χ3v) is 1.62. The predicted octanol–water partition coefficient (Wildman–Crippen LogP) is 1.58. The lowest BCUT2D eigenvalue weighted by molar-refractivity contribution is 0.103. The van der Waals surface area contributed by atoms with Gasteiger partial charge in [0.1, 0.15) is 0 Å². The smallest absolute Gasteiger partial charge is 0.263 e. The van der Waals surface area contributed by atoms with Crippen LogP contribution in [0.25, 0.3) is 0 Å². The molecule has 0 spiro atoms. The highest BCUT2D eigenvalue weighted by Crippen LogP contribution is 1.85. The second-order valence-corrected chi connectivity index (χ2v) is 3.69. The van der Waals surface area contributed by atoms with Crippen LogP contribution in [-0.2, 0) is 9.16 Å². The highest BCUT2D eigenvalue weighted by molar-refractivity contribution is 6.37. The van der Waals surface area contributed by atoms with Crippen LogP contribution in [0.3, 0.4) is 0 Å². The molecule has 0 N–H and O–H groups in total. The van der Waals surface area contributed by atoms with Gasteiger partial charge in [-0.25, -0.2) is 0 Å². The average molecular weight is 172 g/mol. The van der Waals surface area contributed by atoms with Gasteiger partial charge in [0.15, 0.2) is 0 Å². The molecule has 3 heteroatoms. The number of hydrogen-bond donors (Lipinski definition) is 0. The van der Waals surface area contributed by atoms with E-state index in [0.717, 1.165) is 18.2 Å². The highest BCUT2D eigenvalue weighted by Gasteiger charge is 1.90. The Morgan fingerprint density at radius 3 is 2.64 bits per heavy atom. The SMILES string of the molecule is C=C(C)[Si]OCCOCCC. The van der Waals surface area contributed by atoms with E-state index in [2.05, 4.69) is 13.5 Å². The zero-order valence-corrected chi connectivity index (χ0v) is 8.35. The van der Waals surface area contributed by atoms with Crippen molar-refractivity contribution >= 4 is 9.76 Å². The van der Waals surface area contributed by atoms with Gasteiger partial charge in [0.2, 0.25) is 0 Å². The summed E-state index contributed by atoms with van der Waals surface area (Å²) < 4.78 is 10.5. The summed E-state index contributed by atoms with van der Waals surface area (Å²) in [4.78, 5) is 0. The molecule has 0 aromatic heterocycles. The fraction of sp³-hybridized carbons (Fsp3) is 0.750. The monoisotopic (exact) mass is 172 g/mol. The predicted molar refractivity (Wildman–Crippen MR) is 47.6 cm³/mol. The van der Waals surface area contributed by atoms with Crippen LogP contribution in [-0.4, -0.2) is 29.6 Å². The van der Waals surface area contributed by atoms with Gasteiger partial charge in [-0.15, -0.1) is 6.58 Å². The van der Waals surface area contributed by atoms with Gasteiger partial charge in [0.25, 0.3) is 9.76 Å². The lowest BCUT2D eigenvalue weighted by atomic mass is 10.5. The van der Waals surface area contributed by atoms with Crippen molar-refractivity contribution in [3.05, 3.63) is 11.8 Å². The third-order valence-electron chi connectivity index (χ3n) is 0.925. The summed E-state index contributed by atoms with van der Waals surface area (Å²) in [5.41, 5.74) is 0. The van der Waals surface area contributed by atoms with Crippen molar-refractivity contribution in [3.8, 4) is 0 Å². The molecule has 0 aromatic rings. The van der Waals surface area contributed by atoms with Crippen molar-refractivity contribution in [1.29, 1.82) is 0 Å². The van der Waals surface area contributed by atoms with Gasteiger partial charge in [0, 0.05) is 6.61 Å². The number of hydrogen-bond acceptors (Lipinski definition) is 2. The molecule has 0 fully saturated rings. The van der Waals surface area contributed by atoms with Crippen LogP contribution >= 0.6 is 0 Å². The first-order valence-electron chi connectivity index (χ1n) is 3.88. The summed E-state index contributed by atoms with van der Waals surface area (Å²) in [6, 6.07) is 0. The summed E-state index contributed by atoms with van der Waals surface area (Å²) in [5, 5.41) is 1.08. The summed E-state index contributed by atoms with van der Waals surface area (Å²) >= 11 is 0. The molecule has 2 radical (unpaired) electrons. The number of rotatable bonds is 7. The van der Waals surface area contributed by atoms with Gasteiger partial charge in [-0.3, -0.25) is 0 Å². The summed E-state index contributed by atoms with van der Waals surface area (Å²) in [7, 11) is 0.426. The molecule has 2 nitrogen and oxygen atoms in total. The first kappa shape index (κ1) is 10.9. The second kappa shape index (κ2) is 7.98. The standard InChI is InChI=1S/C8H16O2Si/c1-4-5-9-6-7-10-11-8(2)3/h2,4-7H2,1,3H3. The Hall–Kier alpha value is -0.123. The van der Waals surface area contributed by atoms with E-state index in [-0.39, 0.29) is 0 Å². The Labute approximate surface area is 71.5 Å². The van der Waals surface area contributed by atoms with Crippen LogP contribution in [0.4, 0.5) is 0 Å². The van der Waals surface area contributed by atoms with E-state index < -0.39 is 0 Å².